The van der Waals surface area contributed by atoms with Crippen LogP contribution in [0, 0.1) is 17.2 Å². The molecule has 0 amide bonds. The largest absolute Gasteiger partial charge is 0.396 e. The molecule has 0 spiro atoms. The van der Waals surface area contributed by atoms with Crippen molar-refractivity contribution in [3.63, 3.8) is 0 Å². The Morgan fingerprint density at radius 2 is 2.00 bits per heavy atom. The molecule has 2 aromatic carbocycles. The summed E-state index contributed by atoms with van der Waals surface area (Å²) in [4.78, 5) is 0. The molecule has 0 aromatic heterocycles. The van der Waals surface area contributed by atoms with Crippen molar-refractivity contribution in [3.05, 3.63) is 48.0 Å². The van der Waals surface area contributed by atoms with Crippen LogP contribution in [0.3, 0.4) is 0 Å². The standard InChI is InChI=1S/C15H13NO/c16-10-15(8-12(15)9-17)14-7-3-5-11-4-1-2-6-13(11)14/h1-7,12,17H,8-9H2/t12?,15-/m0/s1. The van der Waals surface area contributed by atoms with E-state index in [0.29, 0.717) is 0 Å². The molecule has 84 valence electrons. The van der Waals surface area contributed by atoms with Gasteiger partial charge < -0.3 is 5.11 Å². The molecule has 2 aromatic rings. The number of nitriles is 1. The number of aliphatic hydroxyl groups is 1. The summed E-state index contributed by atoms with van der Waals surface area (Å²) in [7, 11) is 0. The predicted octanol–water partition coefficient (Wildman–Crippen LogP) is 2.61. The van der Waals surface area contributed by atoms with E-state index in [1.807, 2.05) is 24.3 Å². The van der Waals surface area contributed by atoms with Gasteiger partial charge in [-0.05, 0) is 22.8 Å². The molecule has 2 heteroatoms. The van der Waals surface area contributed by atoms with Crippen molar-refractivity contribution < 1.29 is 5.11 Å². The Labute approximate surface area is 100 Å². The lowest BCUT2D eigenvalue weighted by Crippen LogP contribution is -2.09. The molecule has 17 heavy (non-hydrogen) atoms. The second-order valence-electron chi connectivity index (χ2n) is 4.69. The minimum Gasteiger partial charge on any atom is -0.396 e. The molecule has 0 radical (unpaired) electrons. The normalized spacial score (nSPS) is 26.7. The Hall–Kier alpha value is -1.85. The lowest BCUT2D eigenvalue weighted by atomic mass is 9.90. The number of rotatable bonds is 2. The van der Waals surface area contributed by atoms with Crippen molar-refractivity contribution in [2.45, 2.75) is 11.8 Å². The van der Waals surface area contributed by atoms with Crippen LogP contribution in [0.1, 0.15) is 12.0 Å². The van der Waals surface area contributed by atoms with E-state index in [4.69, 9.17) is 0 Å². The number of nitrogens with zero attached hydrogens (tertiary/aromatic N) is 1. The van der Waals surface area contributed by atoms with E-state index in [0.717, 1.165) is 22.8 Å². The fourth-order valence-electron chi connectivity index (χ4n) is 2.69. The molecule has 1 aliphatic rings. The van der Waals surface area contributed by atoms with Crippen LogP contribution in [0.4, 0.5) is 0 Å². The number of benzene rings is 2. The van der Waals surface area contributed by atoms with Gasteiger partial charge in [0, 0.05) is 12.5 Å². The third kappa shape index (κ3) is 1.36. The maximum absolute atomic E-state index is 9.41. The van der Waals surface area contributed by atoms with Gasteiger partial charge in [0.15, 0.2) is 0 Å². The number of fused-ring (bicyclic) bond motifs is 1. The summed E-state index contributed by atoms with van der Waals surface area (Å²) in [6.07, 6.45) is 0.772. The van der Waals surface area contributed by atoms with Crippen molar-refractivity contribution >= 4 is 10.8 Å². The molecule has 3 rings (SSSR count). The van der Waals surface area contributed by atoms with Crippen LogP contribution in [-0.4, -0.2) is 11.7 Å². The highest BCUT2D eigenvalue weighted by atomic mass is 16.3. The van der Waals surface area contributed by atoms with Gasteiger partial charge in [-0.15, -0.1) is 0 Å². The Morgan fingerprint density at radius 3 is 2.71 bits per heavy atom. The van der Waals surface area contributed by atoms with Gasteiger partial charge in [-0.1, -0.05) is 42.5 Å². The quantitative estimate of drug-likeness (QED) is 0.850. The van der Waals surface area contributed by atoms with Crippen molar-refractivity contribution in [1.29, 1.82) is 5.26 Å². The third-order valence-electron chi connectivity index (χ3n) is 3.80. The summed E-state index contributed by atoms with van der Waals surface area (Å²) < 4.78 is 0. The van der Waals surface area contributed by atoms with Gasteiger partial charge in [0.2, 0.25) is 0 Å². The molecule has 0 heterocycles. The Kier molecular flexibility index (Phi) is 2.17. The maximum atomic E-state index is 9.41. The van der Waals surface area contributed by atoms with E-state index < -0.39 is 5.41 Å². The first kappa shape index (κ1) is 10.3. The smallest absolute Gasteiger partial charge is 0.0883 e. The summed E-state index contributed by atoms with van der Waals surface area (Å²) >= 11 is 0. The summed E-state index contributed by atoms with van der Waals surface area (Å²) in [5, 5.41) is 21.0. The molecule has 0 bridgehead atoms. The van der Waals surface area contributed by atoms with Crippen LogP contribution >= 0.6 is 0 Å². The van der Waals surface area contributed by atoms with E-state index in [9.17, 15) is 10.4 Å². The molecule has 2 nitrogen and oxygen atoms in total. The molecule has 1 fully saturated rings. The SMILES string of the molecule is N#C[C@@]1(c2cccc3ccccc23)CC1CO. The first-order valence-electron chi connectivity index (χ1n) is 5.82. The number of hydrogen-bond acceptors (Lipinski definition) is 2. The van der Waals surface area contributed by atoms with E-state index in [-0.39, 0.29) is 12.5 Å². The van der Waals surface area contributed by atoms with E-state index >= 15 is 0 Å². The lowest BCUT2D eigenvalue weighted by Gasteiger charge is -2.12. The molecular formula is C15H13NO. The first-order valence-corrected chi connectivity index (χ1v) is 5.82. The molecular weight excluding hydrogens is 210 g/mol. The minimum atomic E-state index is -0.463. The zero-order valence-electron chi connectivity index (χ0n) is 9.43. The van der Waals surface area contributed by atoms with Crippen LogP contribution in [0.5, 0.6) is 0 Å². The van der Waals surface area contributed by atoms with Gasteiger partial charge in [0.25, 0.3) is 0 Å². The molecule has 1 N–H and O–H groups in total. The summed E-state index contributed by atoms with van der Waals surface area (Å²) in [5.74, 6) is 0.0957. The van der Waals surface area contributed by atoms with Crippen LogP contribution in [0.2, 0.25) is 0 Å². The van der Waals surface area contributed by atoms with Crippen LogP contribution in [0.15, 0.2) is 42.5 Å². The van der Waals surface area contributed by atoms with Crippen LogP contribution in [0.25, 0.3) is 10.8 Å². The highest BCUT2D eigenvalue weighted by Crippen LogP contribution is 2.55. The zero-order chi connectivity index (χ0) is 11.9. The van der Waals surface area contributed by atoms with E-state index in [1.54, 1.807) is 0 Å². The molecule has 1 saturated carbocycles. The third-order valence-corrected chi connectivity index (χ3v) is 3.80. The molecule has 2 atom stereocenters. The minimum absolute atomic E-state index is 0.0940. The molecule has 0 saturated heterocycles. The van der Waals surface area contributed by atoms with Crippen molar-refractivity contribution in [2.24, 2.45) is 5.92 Å². The van der Waals surface area contributed by atoms with E-state index in [1.165, 1.54) is 0 Å². The van der Waals surface area contributed by atoms with Crippen molar-refractivity contribution in [2.75, 3.05) is 6.61 Å². The predicted molar refractivity (Wildman–Crippen MR) is 66.4 cm³/mol. The van der Waals surface area contributed by atoms with Gasteiger partial charge in [0.05, 0.1) is 11.5 Å². The second kappa shape index (κ2) is 3.58. The lowest BCUT2D eigenvalue weighted by molar-refractivity contribution is 0.269. The van der Waals surface area contributed by atoms with Gasteiger partial charge in [-0.2, -0.15) is 5.26 Å². The van der Waals surface area contributed by atoms with Crippen LogP contribution in [-0.2, 0) is 5.41 Å². The first-order chi connectivity index (χ1) is 8.31. The highest BCUT2D eigenvalue weighted by molar-refractivity contribution is 5.87. The fourth-order valence-corrected chi connectivity index (χ4v) is 2.69. The van der Waals surface area contributed by atoms with Gasteiger partial charge in [-0.25, -0.2) is 0 Å². The second-order valence-corrected chi connectivity index (χ2v) is 4.69. The number of aliphatic hydroxyl groups excluding tert-OH is 1. The average molecular weight is 223 g/mol. The Bertz CT molecular complexity index is 608. The zero-order valence-corrected chi connectivity index (χ0v) is 9.43. The van der Waals surface area contributed by atoms with E-state index in [2.05, 4.69) is 24.3 Å². The summed E-state index contributed by atoms with van der Waals surface area (Å²) in [5.41, 5.74) is 0.604. The number of hydrogen-bond donors (Lipinski definition) is 1. The summed E-state index contributed by atoms with van der Waals surface area (Å²) in [6, 6.07) is 16.6. The summed E-state index contributed by atoms with van der Waals surface area (Å²) in [6.45, 7) is 0.0940. The van der Waals surface area contributed by atoms with Crippen LogP contribution < -0.4 is 0 Å². The van der Waals surface area contributed by atoms with Gasteiger partial charge in [-0.3, -0.25) is 0 Å². The molecule has 1 aliphatic carbocycles. The topological polar surface area (TPSA) is 44.0 Å². The monoisotopic (exact) mass is 223 g/mol. The van der Waals surface area contributed by atoms with Gasteiger partial charge >= 0.3 is 0 Å². The van der Waals surface area contributed by atoms with Crippen molar-refractivity contribution in [3.8, 4) is 6.07 Å². The molecule has 1 unspecified atom stereocenters. The highest BCUT2D eigenvalue weighted by Gasteiger charge is 2.56. The Morgan fingerprint density at radius 1 is 1.24 bits per heavy atom. The average Bonchev–Trinajstić information content (AvgIpc) is 3.13. The van der Waals surface area contributed by atoms with Gasteiger partial charge in [0.1, 0.15) is 0 Å². The maximum Gasteiger partial charge on any atom is 0.0883 e. The van der Waals surface area contributed by atoms with Crippen molar-refractivity contribution in [1.82, 2.24) is 0 Å². The Balaban J connectivity index is 2.22. The molecule has 0 aliphatic heterocycles. The fraction of sp³-hybridized carbons (Fsp3) is 0.267.